The van der Waals surface area contributed by atoms with Gasteiger partial charge in [-0.1, -0.05) is 41.9 Å². The Hall–Kier alpha value is -3.64. The predicted molar refractivity (Wildman–Crippen MR) is 113 cm³/mol. The summed E-state index contributed by atoms with van der Waals surface area (Å²) in [5.74, 6) is -0.224. The lowest BCUT2D eigenvalue weighted by atomic mass is 10.2. The summed E-state index contributed by atoms with van der Waals surface area (Å²) in [5.41, 5.74) is 1.02. The fraction of sp³-hybridized carbons (Fsp3) is 0.0455. The van der Waals surface area contributed by atoms with Crippen molar-refractivity contribution >= 4 is 34.1 Å². The maximum absolute atomic E-state index is 13.0. The molecule has 1 N–H and O–H groups in total. The first-order valence-corrected chi connectivity index (χ1v) is 9.18. The van der Waals surface area contributed by atoms with Crippen molar-refractivity contribution in [1.82, 2.24) is 9.78 Å². The fourth-order valence-electron chi connectivity index (χ4n) is 3.05. The second kappa shape index (κ2) is 7.77. The van der Waals surface area contributed by atoms with E-state index in [1.54, 1.807) is 41.1 Å². The number of carbonyl (C=O) groups excluding carboxylic acids is 1. The summed E-state index contributed by atoms with van der Waals surface area (Å²) in [5, 5.41) is 7.86. The summed E-state index contributed by atoms with van der Waals surface area (Å²) in [7, 11) is 1.48. The van der Waals surface area contributed by atoms with Crippen LogP contribution in [0.25, 0.3) is 16.6 Å². The first-order valence-electron chi connectivity index (χ1n) is 8.81. The minimum atomic E-state index is -0.647. The van der Waals surface area contributed by atoms with Crippen LogP contribution >= 0.6 is 11.6 Å². The van der Waals surface area contributed by atoms with E-state index >= 15 is 0 Å². The number of rotatable bonds is 4. The smallest absolute Gasteiger partial charge is 0.280 e. The molecule has 7 heteroatoms. The van der Waals surface area contributed by atoms with Crippen LogP contribution in [0.1, 0.15) is 10.5 Å². The molecule has 0 aliphatic carbocycles. The summed E-state index contributed by atoms with van der Waals surface area (Å²) in [6.45, 7) is 0. The molecule has 29 heavy (non-hydrogen) atoms. The molecule has 0 unspecified atom stereocenters. The molecule has 0 atom stereocenters. The van der Waals surface area contributed by atoms with Crippen molar-refractivity contribution in [3.63, 3.8) is 0 Å². The standard InChI is InChI=1S/C22H16ClN3O3/c1-29-19-12-11-14(23)13-17(19)24-22(28)20-21(27)16-9-5-6-10-18(16)26(25-20)15-7-3-2-4-8-15/h2-13H,1H3,(H,24,28). The third kappa shape index (κ3) is 3.58. The number of anilines is 1. The molecule has 0 aliphatic rings. The molecule has 0 spiro atoms. The second-order valence-electron chi connectivity index (χ2n) is 6.24. The molecule has 0 aliphatic heterocycles. The van der Waals surface area contributed by atoms with Gasteiger partial charge in [0, 0.05) is 5.02 Å². The molecular weight excluding hydrogens is 390 g/mol. The first kappa shape index (κ1) is 18.7. The van der Waals surface area contributed by atoms with Crippen molar-refractivity contribution in [1.29, 1.82) is 0 Å². The number of benzene rings is 3. The first-order chi connectivity index (χ1) is 14.1. The SMILES string of the molecule is COc1ccc(Cl)cc1NC(=O)c1nn(-c2ccccc2)c2ccccc2c1=O. The highest BCUT2D eigenvalue weighted by atomic mass is 35.5. The third-order valence-corrected chi connectivity index (χ3v) is 4.65. The van der Waals surface area contributed by atoms with Gasteiger partial charge in [0.15, 0.2) is 5.69 Å². The van der Waals surface area contributed by atoms with Gasteiger partial charge in [0.05, 0.1) is 29.4 Å². The highest BCUT2D eigenvalue weighted by molar-refractivity contribution is 6.31. The number of hydrogen-bond acceptors (Lipinski definition) is 4. The van der Waals surface area contributed by atoms with Crippen LogP contribution in [0.15, 0.2) is 77.6 Å². The Bertz CT molecular complexity index is 1270. The summed E-state index contributed by atoms with van der Waals surface area (Å²) >= 11 is 6.03. The van der Waals surface area contributed by atoms with Crippen molar-refractivity contribution in [3.8, 4) is 11.4 Å². The van der Waals surface area contributed by atoms with Gasteiger partial charge in [-0.25, -0.2) is 4.68 Å². The van der Waals surface area contributed by atoms with E-state index in [2.05, 4.69) is 10.4 Å². The Kier molecular flexibility index (Phi) is 5.01. The lowest BCUT2D eigenvalue weighted by Crippen LogP contribution is -2.27. The van der Waals surface area contributed by atoms with Gasteiger partial charge in [0.2, 0.25) is 5.43 Å². The van der Waals surface area contributed by atoms with Crippen LogP contribution < -0.4 is 15.5 Å². The summed E-state index contributed by atoms with van der Waals surface area (Å²) in [6, 6.07) is 21.2. The predicted octanol–water partition coefficient (Wildman–Crippen LogP) is 4.30. The normalized spacial score (nSPS) is 10.7. The van der Waals surface area contributed by atoms with Crippen LogP contribution in [0.4, 0.5) is 5.69 Å². The fourth-order valence-corrected chi connectivity index (χ4v) is 3.22. The lowest BCUT2D eigenvalue weighted by Gasteiger charge is -2.13. The van der Waals surface area contributed by atoms with E-state index in [-0.39, 0.29) is 5.69 Å². The Morgan fingerprint density at radius 3 is 2.52 bits per heavy atom. The molecule has 0 saturated heterocycles. The van der Waals surface area contributed by atoms with Gasteiger partial charge < -0.3 is 10.1 Å². The second-order valence-corrected chi connectivity index (χ2v) is 6.68. The topological polar surface area (TPSA) is 73.2 Å². The van der Waals surface area contributed by atoms with Crippen LogP contribution in [-0.4, -0.2) is 22.8 Å². The maximum atomic E-state index is 13.0. The monoisotopic (exact) mass is 405 g/mol. The summed E-state index contributed by atoms with van der Waals surface area (Å²) in [6.07, 6.45) is 0. The molecule has 0 fully saturated rings. The summed E-state index contributed by atoms with van der Waals surface area (Å²) in [4.78, 5) is 25.9. The Labute approximate surface area is 171 Å². The lowest BCUT2D eigenvalue weighted by molar-refractivity contribution is 0.101. The minimum Gasteiger partial charge on any atom is -0.495 e. The van der Waals surface area contributed by atoms with Crippen molar-refractivity contribution in [2.24, 2.45) is 0 Å². The number of aromatic nitrogens is 2. The van der Waals surface area contributed by atoms with Gasteiger partial charge in [0.25, 0.3) is 5.91 Å². The van der Waals surface area contributed by atoms with Gasteiger partial charge in [-0.3, -0.25) is 9.59 Å². The number of nitrogens with one attached hydrogen (secondary N) is 1. The molecule has 1 amide bonds. The van der Waals surface area contributed by atoms with Gasteiger partial charge in [0.1, 0.15) is 5.75 Å². The molecule has 6 nitrogen and oxygen atoms in total. The van der Waals surface area contributed by atoms with Crippen LogP contribution in [0.5, 0.6) is 5.75 Å². The maximum Gasteiger partial charge on any atom is 0.280 e. The number of halogens is 1. The van der Waals surface area contributed by atoms with E-state index in [4.69, 9.17) is 16.3 Å². The van der Waals surface area contributed by atoms with Gasteiger partial charge in [-0.05, 0) is 42.5 Å². The molecule has 0 saturated carbocycles. The van der Waals surface area contributed by atoms with Crippen molar-refractivity contribution in [2.75, 3.05) is 12.4 Å². The van der Waals surface area contributed by atoms with Gasteiger partial charge >= 0.3 is 0 Å². The van der Waals surface area contributed by atoms with E-state index in [1.165, 1.54) is 7.11 Å². The highest BCUT2D eigenvalue weighted by Crippen LogP contribution is 2.28. The number of nitrogens with zero attached hydrogens (tertiary/aromatic N) is 2. The quantitative estimate of drug-likeness (QED) is 0.549. The molecule has 144 valence electrons. The Balaban J connectivity index is 1.86. The van der Waals surface area contributed by atoms with Crippen molar-refractivity contribution in [2.45, 2.75) is 0 Å². The molecule has 4 rings (SSSR count). The zero-order chi connectivity index (χ0) is 20.4. The van der Waals surface area contributed by atoms with Crippen molar-refractivity contribution in [3.05, 3.63) is 93.7 Å². The number of amides is 1. The number of methoxy groups -OCH3 is 1. The number of carbonyl (C=O) groups is 1. The number of fused-ring (bicyclic) bond motifs is 1. The number of para-hydroxylation sites is 2. The largest absolute Gasteiger partial charge is 0.495 e. The average molecular weight is 406 g/mol. The third-order valence-electron chi connectivity index (χ3n) is 4.42. The molecule has 1 heterocycles. The van der Waals surface area contributed by atoms with Crippen LogP contribution in [0, 0.1) is 0 Å². The van der Waals surface area contributed by atoms with E-state index in [1.807, 2.05) is 36.4 Å². The molecule has 0 bridgehead atoms. The summed E-state index contributed by atoms with van der Waals surface area (Å²) < 4.78 is 6.84. The highest BCUT2D eigenvalue weighted by Gasteiger charge is 2.19. The zero-order valence-corrected chi connectivity index (χ0v) is 16.2. The minimum absolute atomic E-state index is 0.227. The molecule has 0 radical (unpaired) electrons. The molecular formula is C22H16ClN3O3. The Morgan fingerprint density at radius 2 is 1.76 bits per heavy atom. The van der Waals surface area contributed by atoms with E-state index in [9.17, 15) is 9.59 Å². The average Bonchev–Trinajstić information content (AvgIpc) is 2.75. The van der Waals surface area contributed by atoms with Gasteiger partial charge in [-0.2, -0.15) is 5.10 Å². The van der Waals surface area contributed by atoms with Crippen LogP contribution in [0.2, 0.25) is 5.02 Å². The molecule has 3 aromatic carbocycles. The Morgan fingerprint density at radius 1 is 1.03 bits per heavy atom. The van der Waals surface area contributed by atoms with Crippen molar-refractivity contribution < 1.29 is 9.53 Å². The van der Waals surface area contributed by atoms with Crippen LogP contribution in [-0.2, 0) is 0 Å². The van der Waals surface area contributed by atoms with E-state index < -0.39 is 11.3 Å². The number of hydrogen-bond donors (Lipinski definition) is 1. The van der Waals surface area contributed by atoms with Gasteiger partial charge in [-0.15, -0.1) is 0 Å². The van der Waals surface area contributed by atoms with E-state index in [0.717, 1.165) is 5.69 Å². The molecule has 4 aromatic rings. The zero-order valence-electron chi connectivity index (χ0n) is 15.4. The molecule has 1 aromatic heterocycles. The van der Waals surface area contributed by atoms with Crippen LogP contribution in [0.3, 0.4) is 0 Å². The number of ether oxygens (including phenoxy) is 1. The van der Waals surface area contributed by atoms with E-state index in [0.29, 0.717) is 27.4 Å².